The zero-order chi connectivity index (χ0) is 13.1. The van der Waals surface area contributed by atoms with E-state index in [1.807, 2.05) is 19.9 Å². The van der Waals surface area contributed by atoms with Gasteiger partial charge in [-0.15, -0.1) is 0 Å². The average Bonchev–Trinajstić information content (AvgIpc) is 2.57. The van der Waals surface area contributed by atoms with Gasteiger partial charge in [0.1, 0.15) is 11.6 Å². The molecule has 1 heterocycles. The van der Waals surface area contributed by atoms with E-state index < -0.39 is 0 Å². The molecule has 0 aliphatic rings. The summed E-state index contributed by atoms with van der Waals surface area (Å²) in [6.45, 7) is 4.89. The van der Waals surface area contributed by atoms with Gasteiger partial charge in [0, 0.05) is 11.0 Å². The van der Waals surface area contributed by atoms with Crippen LogP contribution in [-0.4, -0.2) is 4.98 Å². The summed E-state index contributed by atoms with van der Waals surface area (Å²) in [4.78, 5) is 4.26. The lowest BCUT2D eigenvalue weighted by Gasteiger charge is -2.03. The predicted octanol–water partition coefficient (Wildman–Crippen LogP) is 3.48. The van der Waals surface area contributed by atoms with Crippen molar-refractivity contribution in [3.8, 4) is 0 Å². The second-order valence-corrected chi connectivity index (χ2v) is 5.05. The topological polar surface area (TPSA) is 38.1 Å². The van der Waals surface area contributed by atoms with Crippen molar-refractivity contribution in [1.82, 2.24) is 10.3 Å². The Hall–Kier alpha value is -1.20. The van der Waals surface area contributed by atoms with Gasteiger partial charge in [-0.25, -0.2) is 9.37 Å². The van der Waals surface area contributed by atoms with Crippen LogP contribution in [-0.2, 0) is 13.1 Å². The van der Waals surface area contributed by atoms with Gasteiger partial charge in [-0.2, -0.15) is 0 Å². The fourth-order valence-electron chi connectivity index (χ4n) is 1.64. The Morgan fingerprint density at radius 2 is 2.06 bits per heavy atom. The Morgan fingerprint density at radius 1 is 1.28 bits per heavy atom. The van der Waals surface area contributed by atoms with Crippen LogP contribution >= 0.6 is 15.9 Å². The number of benzene rings is 1. The molecule has 0 bridgehead atoms. The minimum atomic E-state index is -0.246. The van der Waals surface area contributed by atoms with Crippen LogP contribution < -0.4 is 5.32 Å². The standard InChI is InChI=1S/C13H14BrFN2O/c1-8-9(2)18-13(17-8)7-16-6-10-3-11(14)5-12(15)4-10/h3-5,16H,6-7H2,1-2H3. The maximum atomic E-state index is 13.1. The summed E-state index contributed by atoms with van der Waals surface area (Å²) in [5.41, 5.74) is 1.78. The first-order chi connectivity index (χ1) is 8.54. The third-order valence-corrected chi connectivity index (χ3v) is 3.06. The maximum Gasteiger partial charge on any atom is 0.208 e. The Labute approximate surface area is 114 Å². The van der Waals surface area contributed by atoms with Crippen LogP contribution in [0.1, 0.15) is 22.9 Å². The molecule has 2 aromatic rings. The minimum absolute atomic E-state index is 0.246. The Balaban J connectivity index is 1.92. The summed E-state index contributed by atoms with van der Waals surface area (Å²) in [7, 11) is 0. The molecule has 0 amide bonds. The Bertz CT molecular complexity index is 514. The highest BCUT2D eigenvalue weighted by Crippen LogP contribution is 2.15. The summed E-state index contributed by atoms with van der Waals surface area (Å²) in [6.07, 6.45) is 0. The predicted molar refractivity (Wildman–Crippen MR) is 70.6 cm³/mol. The Kier molecular flexibility index (Phi) is 4.14. The average molecular weight is 313 g/mol. The fraction of sp³-hybridized carbons (Fsp3) is 0.308. The van der Waals surface area contributed by atoms with Gasteiger partial charge in [0.15, 0.2) is 0 Å². The van der Waals surface area contributed by atoms with Crippen molar-refractivity contribution in [3.05, 3.63) is 51.4 Å². The summed E-state index contributed by atoms with van der Waals surface area (Å²) in [5, 5.41) is 3.17. The molecular formula is C13H14BrFN2O. The number of oxazole rings is 1. The molecule has 0 unspecified atom stereocenters. The molecule has 5 heteroatoms. The quantitative estimate of drug-likeness (QED) is 0.939. The molecule has 0 radical (unpaired) electrons. The van der Waals surface area contributed by atoms with Gasteiger partial charge in [-0.05, 0) is 37.6 Å². The first-order valence-corrected chi connectivity index (χ1v) is 6.42. The highest BCUT2D eigenvalue weighted by molar-refractivity contribution is 9.10. The van der Waals surface area contributed by atoms with Crippen molar-refractivity contribution in [1.29, 1.82) is 0 Å². The first-order valence-electron chi connectivity index (χ1n) is 5.63. The SMILES string of the molecule is Cc1nc(CNCc2cc(F)cc(Br)c2)oc1C. The van der Waals surface area contributed by atoms with Gasteiger partial charge >= 0.3 is 0 Å². The normalized spacial score (nSPS) is 10.9. The molecule has 1 N–H and O–H groups in total. The molecule has 0 fully saturated rings. The van der Waals surface area contributed by atoms with E-state index in [1.165, 1.54) is 12.1 Å². The molecule has 1 aromatic heterocycles. The third kappa shape index (κ3) is 3.40. The molecule has 18 heavy (non-hydrogen) atoms. The van der Waals surface area contributed by atoms with Gasteiger partial charge in [0.25, 0.3) is 0 Å². The van der Waals surface area contributed by atoms with E-state index in [2.05, 4.69) is 26.2 Å². The first kappa shape index (κ1) is 13.2. The number of nitrogens with one attached hydrogen (secondary N) is 1. The molecule has 1 aromatic carbocycles. The number of halogens is 2. The van der Waals surface area contributed by atoms with Crippen LogP contribution in [0.15, 0.2) is 27.1 Å². The maximum absolute atomic E-state index is 13.1. The highest BCUT2D eigenvalue weighted by atomic mass is 79.9. The van der Waals surface area contributed by atoms with E-state index in [-0.39, 0.29) is 5.82 Å². The molecule has 0 atom stereocenters. The van der Waals surface area contributed by atoms with E-state index >= 15 is 0 Å². The molecular weight excluding hydrogens is 299 g/mol. The van der Waals surface area contributed by atoms with Crippen LogP contribution in [0.2, 0.25) is 0 Å². The minimum Gasteiger partial charge on any atom is -0.444 e. The van der Waals surface area contributed by atoms with Crippen molar-refractivity contribution < 1.29 is 8.81 Å². The summed E-state index contributed by atoms with van der Waals surface area (Å²) >= 11 is 3.26. The monoisotopic (exact) mass is 312 g/mol. The van der Waals surface area contributed by atoms with Crippen LogP contribution in [0, 0.1) is 19.7 Å². The zero-order valence-electron chi connectivity index (χ0n) is 10.3. The van der Waals surface area contributed by atoms with Crippen LogP contribution in [0.3, 0.4) is 0 Å². The fourth-order valence-corrected chi connectivity index (χ4v) is 2.15. The summed E-state index contributed by atoms with van der Waals surface area (Å²) < 4.78 is 19.3. The van der Waals surface area contributed by atoms with Crippen LogP contribution in [0.25, 0.3) is 0 Å². The second kappa shape index (κ2) is 5.63. The van der Waals surface area contributed by atoms with E-state index in [9.17, 15) is 4.39 Å². The smallest absolute Gasteiger partial charge is 0.208 e. The molecule has 0 spiro atoms. The number of aryl methyl sites for hydroxylation is 2. The highest BCUT2D eigenvalue weighted by Gasteiger charge is 2.05. The number of nitrogens with zero attached hydrogens (tertiary/aromatic N) is 1. The van der Waals surface area contributed by atoms with Gasteiger partial charge in [0.05, 0.1) is 12.2 Å². The van der Waals surface area contributed by atoms with Crippen molar-refractivity contribution >= 4 is 15.9 Å². The molecule has 0 saturated heterocycles. The Morgan fingerprint density at radius 3 is 2.67 bits per heavy atom. The van der Waals surface area contributed by atoms with E-state index in [1.54, 1.807) is 0 Å². The molecule has 0 aliphatic carbocycles. The number of aromatic nitrogens is 1. The van der Waals surface area contributed by atoms with Gasteiger partial charge in [-0.1, -0.05) is 15.9 Å². The van der Waals surface area contributed by atoms with Crippen molar-refractivity contribution in [3.63, 3.8) is 0 Å². The summed E-state index contributed by atoms with van der Waals surface area (Å²) in [6, 6.07) is 4.82. The molecule has 3 nitrogen and oxygen atoms in total. The van der Waals surface area contributed by atoms with Crippen LogP contribution in [0.4, 0.5) is 4.39 Å². The third-order valence-electron chi connectivity index (χ3n) is 2.60. The lowest BCUT2D eigenvalue weighted by molar-refractivity contribution is 0.448. The number of rotatable bonds is 4. The summed E-state index contributed by atoms with van der Waals surface area (Å²) in [5.74, 6) is 1.24. The van der Waals surface area contributed by atoms with Gasteiger partial charge in [-0.3, -0.25) is 0 Å². The van der Waals surface area contributed by atoms with Gasteiger partial charge in [0.2, 0.25) is 5.89 Å². The van der Waals surface area contributed by atoms with E-state index in [4.69, 9.17) is 4.42 Å². The molecule has 2 rings (SSSR count). The van der Waals surface area contributed by atoms with Gasteiger partial charge < -0.3 is 9.73 Å². The lowest BCUT2D eigenvalue weighted by atomic mass is 10.2. The van der Waals surface area contributed by atoms with E-state index in [0.29, 0.717) is 19.0 Å². The van der Waals surface area contributed by atoms with Crippen molar-refractivity contribution in [2.75, 3.05) is 0 Å². The molecule has 0 saturated carbocycles. The lowest BCUT2D eigenvalue weighted by Crippen LogP contribution is -2.13. The van der Waals surface area contributed by atoms with Crippen molar-refractivity contribution in [2.45, 2.75) is 26.9 Å². The van der Waals surface area contributed by atoms with E-state index in [0.717, 1.165) is 21.5 Å². The second-order valence-electron chi connectivity index (χ2n) is 4.13. The van der Waals surface area contributed by atoms with Crippen LogP contribution in [0.5, 0.6) is 0 Å². The number of hydrogen-bond acceptors (Lipinski definition) is 3. The van der Waals surface area contributed by atoms with Crippen molar-refractivity contribution in [2.24, 2.45) is 0 Å². The molecule has 96 valence electrons. The zero-order valence-corrected chi connectivity index (χ0v) is 11.8. The largest absolute Gasteiger partial charge is 0.444 e. The molecule has 0 aliphatic heterocycles. The number of hydrogen-bond donors (Lipinski definition) is 1.